The van der Waals surface area contributed by atoms with Crippen LogP contribution in [-0.2, 0) is 20.1 Å². The van der Waals surface area contributed by atoms with E-state index in [0.717, 1.165) is 11.1 Å². The van der Waals surface area contributed by atoms with Crippen LogP contribution in [0.3, 0.4) is 0 Å². The fraction of sp³-hybridized carbons (Fsp3) is 0.333. The van der Waals surface area contributed by atoms with E-state index in [1.54, 1.807) is 4.90 Å². The Kier molecular flexibility index (Phi) is 3.72. The Bertz CT molecular complexity index is 784. The van der Waals surface area contributed by atoms with Gasteiger partial charge >= 0.3 is 0 Å². The molecule has 2 aromatic rings. The molecule has 3 rings (SSSR count). The van der Waals surface area contributed by atoms with Crippen molar-refractivity contribution in [2.45, 2.75) is 32.9 Å². The number of carbonyl (C=O) groups excluding carboxylic acids is 1. The number of nitrogens with zero attached hydrogens (tertiary/aromatic N) is 2. The lowest BCUT2D eigenvalue weighted by Crippen LogP contribution is -2.27. The molecule has 0 fully saturated rings. The highest BCUT2D eigenvalue weighted by Crippen LogP contribution is 2.34. The second-order valence-electron chi connectivity index (χ2n) is 6.40. The van der Waals surface area contributed by atoms with Gasteiger partial charge in [-0.25, -0.2) is 4.57 Å². The minimum atomic E-state index is -0.271. The van der Waals surface area contributed by atoms with Gasteiger partial charge in [0.05, 0.1) is 12.1 Å². The molecule has 2 N–H and O–H groups in total. The van der Waals surface area contributed by atoms with Crippen molar-refractivity contribution in [1.82, 2.24) is 4.90 Å². The molecule has 0 atom stereocenters. The topological polar surface area (TPSA) is 64.7 Å². The van der Waals surface area contributed by atoms with Gasteiger partial charge in [-0.1, -0.05) is 13.8 Å². The van der Waals surface area contributed by atoms with Crippen molar-refractivity contribution in [2.75, 3.05) is 0 Å². The highest BCUT2D eigenvalue weighted by Gasteiger charge is 2.28. The number of benzene rings is 1. The molecule has 5 nitrogen and oxygen atoms in total. The van der Waals surface area contributed by atoms with Crippen LogP contribution in [0.1, 0.15) is 46.8 Å². The zero-order valence-electron chi connectivity index (χ0n) is 13.6. The maximum Gasteiger partial charge on any atom is 0.258 e. The molecule has 2 heterocycles. The number of carbonyl (C=O) groups is 1. The molecule has 1 aromatic carbocycles. The van der Waals surface area contributed by atoms with Gasteiger partial charge in [0.25, 0.3) is 5.91 Å². The van der Waals surface area contributed by atoms with Crippen molar-refractivity contribution in [3.05, 3.63) is 52.8 Å². The van der Waals surface area contributed by atoms with E-state index < -0.39 is 0 Å². The minimum absolute atomic E-state index is 0.0456. The molecule has 0 saturated carbocycles. The molecule has 0 saturated heterocycles. The summed E-state index contributed by atoms with van der Waals surface area (Å²) in [4.78, 5) is 14.4. The second-order valence-corrected chi connectivity index (χ2v) is 6.40. The van der Waals surface area contributed by atoms with Crippen molar-refractivity contribution < 1.29 is 19.6 Å². The summed E-state index contributed by atoms with van der Waals surface area (Å²) < 4.78 is 1.95. The van der Waals surface area contributed by atoms with E-state index in [0.29, 0.717) is 18.7 Å². The molecule has 0 bridgehead atoms. The zero-order chi connectivity index (χ0) is 16.7. The van der Waals surface area contributed by atoms with Crippen LogP contribution in [0.5, 0.6) is 11.5 Å². The summed E-state index contributed by atoms with van der Waals surface area (Å²) in [6, 6.07) is 4.86. The van der Waals surface area contributed by atoms with Crippen molar-refractivity contribution >= 4 is 5.91 Å². The van der Waals surface area contributed by atoms with Crippen LogP contribution in [0.2, 0.25) is 0 Å². The lowest BCUT2D eigenvalue weighted by atomic mass is 9.99. The maximum atomic E-state index is 12.7. The molecule has 120 valence electrons. The number of hydrogen-bond acceptors (Lipinski definition) is 3. The Morgan fingerprint density at radius 1 is 1.17 bits per heavy atom. The Morgan fingerprint density at radius 3 is 2.57 bits per heavy atom. The minimum Gasteiger partial charge on any atom is -0.508 e. The predicted octanol–water partition coefficient (Wildman–Crippen LogP) is 2.20. The van der Waals surface area contributed by atoms with E-state index in [9.17, 15) is 15.0 Å². The number of aromatic nitrogens is 1. The van der Waals surface area contributed by atoms with E-state index >= 15 is 0 Å². The van der Waals surface area contributed by atoms with E-state index in [1.165, 1.54) is 12.1 Å². The monoisotopic (exact) mass is 313 g/mol. The molecule has 0 spiro atoms. The molecule has 0 aliphatic carbocycles. The number of fused-ring (bicyclic) bond motifs is 1. The first-order valence-corrected chi connectivity index (χ1v) is 7.69. The smallest absolute Gasteiger partial charge is 0.258 e. The van der Waals surface area contributed by atoms with Crippen molar-refractivity contribution in [1.29, 1.82) is 0 Å². The van der Waals surface area contributed by atoms with Crippen LogP contribution < -0.4 is 4.57 Å². The Morgan fingerprint density at radius 2 is 1.87 bits per heavy atom. The molecular weight excluding hydrogens is 292 g/mol. The molecule has 1 aliphatic rings. The Balaban J connectivity index is 1.89. The second kappa shape index (κ2) is 5.57. The number of phenols is 2. The van der Waals surface area contributed by atoms with E-state index in [2.05, 4.69) is 0 Å². The zero-order valence-corrected chi connectivity index (χ0v) is 13.6. The van der Waals surface area contributed by atoms with Gasteiger partial charge in [-0.3, -0.25) is 4.79 Å². The van der Waals surface area contributed by atoms with Gasteiger partial charge in [0.2, 0.25) is 0 Å². The van der Waals surface area contributed by atoms with Gasteiger partial charge in [-0.05, 0) is 23.6 Å². The SMILES string of the molecule is CC(C)c1cc(O)c(C(=O)N2Cc3cc[n+](C)cc3C2)cc1O. The standard InChI is InChI=1S/C18H20N2O3/c1-11(2)14-6-17(22)15(7-16(14)21)18(23)20-9-12-4-5-19(3)8-13(12)10-20/h4-8,11H,9-10H2,1-3H3,(H-,21,22,23)/p+1. The molecule has 5 heteroatoms. The summed E-state index contributed by atoms with van der Waals surface area (Å²) in [5.74, 6) is -0.240. The van der Waals surface area contributed by atoms with Crippen molar-refractivity contribution in [2.24, 2.45) is 7.05 Å². The molecule has 1 aliphatic heterocycles. The number of aryl methyl sites for hydroxylation is 1. The van der Waals surface area contributed by atoms with Crippen LogP contribution in [-0.4, -0.2) is 21.0 Å². The van der Waals surface area contributed by atoms with E-state index in [1.807, 2.05) is 43.9 Å². The third-order valence-electron chi connectivity index (χ3n) is 4.29. The Hall–Kier alpha value is -2.56. The lowest BCUT2D eigenvalue weighted by Gasteiger charge is -2.18. The predicted molar refractivity (Wildman–Crippen MR) is 85.1 cm³/mol. The van der Waals surface area contributed by atoms with E-state index in [4.69, 9.17) is 0 Å². The van der Waals surface area contributed by atoms with Crippen molar-refractivity contribution in [3.8, 4) is 11.5 Å². The first-order valence-electron chi connectivity index (χ1n) is 7.69. The largest absolute Gasteiger partial charge is 0.508 e. The summed E-state index contributed by atoms with van der Waals surface area (Å²) in [5.41, 5.74) is 2.99. The third-order valence-corrected chi connectivity index (χ3v) is 4.29. The summed E-state index contributed by atoms with van der Waals surface area (Å²) >= 11 is 0. The van der Waals surface area contributed by atoms with E-state index in [-0.39, 0.29) is 28.9 Å². The van der Waals surface area contributed by atoms with Gasteiger partial charge in [0.15, 0.2) is 12.4 Å². The third kappa shape index (κ3) is 2.74. The Labute approximate surface area is 135 Å². The van der Waals surface area contributed by atoms with Crippen LogP contribution in [0, 0.1) is 0 Å². The number of hydrogen-bond donors (Lipinski definition) is 2. The number of amides is 1. The van der Waals surface area contributed by atoms with Gasteiger partial charge in [0, 0.05) is 23.7 Å². The highest BCUT2D eigenvalue weighted by atomic mass is 16.3. The first kappa shape index (κ1) is 15.3. The van der Waals surface area contributed by atoms with Crippen LogP contribution in [0.4, 0.5) is 0 Å². The first-order chi connectivity index (χ1) is 10.9. The fourth-order valence-corrected chi connectivity index (χ4v) is 2.99. The quantitative estimate of drug-likeness (QED) is 0.660. The number of aromatic hydroxyl groups is 2. The normalized spacial score (nSPS) is 13.5. The average Bonchev–Trinajstić information content (AvgIpc) is 2.91. The number of pyridine rings is 1. The molecule has 1 aromatic heterocycles. The van der Waals surface area contributed by atoms with Gasteiger partial charge < -0.3 is 15.1 Å². The molecule has 1 amide bonds. The van der Waals surface area contributed by atoms with Gasteiger partial charge in [-0.2, -0.15) is 0 Å². The molecule has 23 heavy (non-hydrogen) atoms. The summed E-state index contributed by atoms with van der Waals surface area (Å²) in [5, 5.41) is 20.3. The fourth-order valence-electron chi connectivity index (χ4n) is 2.99. The lowest BCUT2D eigenvalue weighted by molar-refractivity contribution is -0.671. The van der Waals surface area contributed by atoms with Crippen LogP contribution in [0.15, 0.2) is 30.6 Å². The number of rotatable bonds is 2. The molecule has 0 unspecified atom stereocenters. The molecular formula is C18H21N2O3+. The molecule has 0 radical (unpaired) electrons. The maximum absolute atomic E-state index is 12.7. The number of phenolic OH excluding ortho intramolecular Hbond substituents is 2. The highest BCUT2D eigenvalue weighted by molar-refractivity contribution is 5.97. The van der Waals surface area contributed by atoms with Crippen molar-refractivity contribution in [3.63, 3.8) is 0 Å². The summed E-state index contributed by atoms with van der Waals surface area (Å²) in [7, 11) is 1.94. The average molecular weight is 313 g/mol. The van der Waals surface area contributed by atoms with Crippen LogP contribution >= 0.6 is 0 Å². The summed E-state index contributed by atoms with van der Waals surface area (Å²) in [6.07, 6.45) is 3.95. The van der Waals surface area contributed by atoms with Crippen LogP contribution in [0.25, 0.3) is 0 Å². The summed E-state index contributed by atoms with van der Waals surface area (Å²) in [6.45, 7) is 4.87. The van der Waals surface area contributed by atoms with Gasteiger partial charge in [0.1, 0.15) is 18.5 Å². The van der Waals surface area contributed by atoms with Gasteiger partial charge in [-0.15, -0.1) is 0 Å².